The van der Waals surface area contributed by atoms with Gasteiger partial charge in [-0.1, -0.05) is 36.4 Å². The molecule has 158 valence electrons. The van der Waals surface area contributed by atoms with Gasteiger partial charge in [-0.2, -0.15) is 0 Å². The molecule has 3 N–H and O–H groups in total. The summed E-state index contributed by atoms with van der Waals surface area (Å²) in [7, 11) is 0. The summed E-state index contributed by atoms with van der Waals surface area (Å²) in [5.41, 5.74) is 9.84. The number of hydrogen-bond donors (Lipinski definition) is 2. The zero-order valence-corrected chi connectivity index (χ0v) is 17.0. The van der Waals surface area contributed by atoms with E-state index in [1.54, 1.807) is 0 Å². The van der Waals surface area contributed by atoms with Crippen molar-refractivity contribution < 1.29 is 14.3 Å². The summed E-state index contributed by atoms with van der Waals surface area (Å²) in [6.45, 7) is 3.43. The number of carbonyl (C=O) groups excluding carboxylic acids is 2. The second-order valence-electron chi connectivity index (χ2n) is 7.81. The summed E-state index contributed by atoms with van der Waals surface area (Å²) in [5, 5.41) is 2.31. The minimum Gasteiger partial charge on any atom is -0.446 e. The lowest BCUT2D eigenvalue weighted by atomic mass is 10.0. The zero-order valence-electron chi connectivity index (χ0n) is 17.0. The Kier molecular flexibility index (Phi) is 6.30. The predicted octanol–water partition coefficient (Wildman–Crippen LogP) is 3.19. The molecule has 3 amide bonds. The Morgan fingerprint density at radius 2 is 1.57 bits per heavy atom. The van der Waals surface area contributed by atoms with Crippen LogP contribution in [0.3, 0.4) is 0 Å². The van der Waals surface area contributed by atoms with Gasteiger partial charge in [0.1, 0.15) is 6.10 Å². The molecule has 7 nitrogen and oxygen atoms in total. The SMILES string of the molecule is NCCc1ccc(CCN2CCC(OC(=O)NC(=O)N3c4ccccc43)CC2)cc1. The van der Waals surface area contributed by atoms with E-state index in [1.807, 2.05) is 24.3 Å². The van der Waals surface area contributed by atoms with Crippen LogP contribution in [0.25, 0.3) is 0 Å². The quantitative estimate of drug-likeness (QED) is 0.717. The second kappa shape index (κ2) is 9.28. The van der Waals surface area contributed by atoms with Gasteiger partial charge in [0, 0.05) is 19.6 Å². The van der Waals surface area contributed by atoms with E-state index in [9.17, 15) is 9.59 Å². The summed E-state index contributed by atoms with van der Waals surface area (Å²) in [6.07, 6.45) is 2.65. The summed E-state index contributed by atoms with van der Waals surface area (Å²) < 4.78 is 5.45. The average Bonchev–Trinajstić information content (AvgIpc) is 3.49. The van der Waals surface area contributed by atoms with Crippen LogP contribution in [0.15, 0.2) is 48.5 Å². The van der Waals surface area contributed by atoms with Crippen LogP contribution in [0.5, 0.6) is 0 Å². The number of para-hydroxylation sites is 2. The highest BCUT2D eigenvalue weighted by Crippen LogP contribution is 2.46. The average molecular weight is 409 g/mol. The molecule has 0 bridgehead atoms. The maximum absolute atomic E-state index is 12.1. The number of hydrogen-bond acceptors (Lipinski definition) is 5. The molecule has 2 heterocycles. The number of nitrogens with two attached hydrogens (primary N) is 1. The van der Waals surface area contributed by atoms with Crippen molar-refractivity contribution in [2.75, 3.05) is 31.1 Å². The first-order chi connectivity index (χ1) is 14.6. The van der Waals surface area contributed by atoms with Crippen LogP contribution in [-0.2, 0) is 17.6 Å². The molecular weight excluding hydrogens is 380 g/mol. The zero-order chi connectivity index (χ0) is 20.9. The number of alkyl carbamates (subject to hydrolysis) is 1. The smallest absolute Gasteiger partial charge is 0.415 e. The van der Waals surface area contributed by atoms with E-state index in [4.69, 9.17) is 10.5 Å². The Morgan fingerprint density at radius 1 is 0.967 bits per heavy atom. The maximum atomic E-state index is 12.1. The number of nitrogens with one attached hydrogen (secondary N) is 1. The third-order valence-corrected chi connectivity index (χ3v) is 5.71. The number of urea groups is 1. The fourth-order valence-electron chi connectivity index (χ4n) is 3.92. The number of imide groups is 1. The Hall–Kier alpha value is -2.90. The molecule has 7 heteroatoms. The van der Waals surface area contributed by atoms with E-state index in [0.29, 0.717) is 6.54 Å². The van der Waals surface area contributed by atoms with Gasteiger partial charge in [-0.25, -0.2) is 14.9 Å². The van der Waals surface area contributed by atoms with Crippen molar-refractivity contribution in [2.24, 2.45) is 5.73 Å². The highest BCUT2D eigenvalue weighted by atomic mass is 16.6. The summed E-state index contributed by atoms with van der Waals surface area (Å²) in [5.74, 6) is 0. The second-order valence-corrected chi connectivity index (χ2v) is 7.81. The molecular formula is C23H28N4O3. The molecule has 0 saturated carbocycles. The van der Waals surface area contributed by atoms with Crippen LogP contribution < -0.4 is 16.0 Å². The number of likely N-dealkylation sites (tertiary alicyclic amines) is 1. The Bertz CT molecular complexity index is 869. The van der Waals surface area contributed by atoms with E-state index in [0.717, 1.165) is 56.7 Å². The first kappa shape index (κ1) is 20.4. The normalized spacial score (nSPS) is 16.1. The van der Waals surface area contributed by atoms with Gasteiger partial charge < -0.3 is 15.4 Å². The van der Waals surface area contributed by atoms with Crippen LogP contribution >= 0.6 is 0 Å². The van der Waals surface area contributed by atoms with Crippen LogP contribution in [0.4, 0.5) is 21.0 Å². The van der Waals surface area contributed by atoms with Crippen molar-refractivity contribution in [3.8, 4) is 0 Å². The van der Waals surface area contributed by atoms with Crippen LogP contribution in [0.2, 0.25) is 0 Å². The Morgan fingerprint density at radius 3 is 2.17 bits per heavy atom. The molecule has 1 saturated heterocycles. The lowest BCUT2D eigenvalue weighted by Crippen LogP contribution is -2.42. The van der Waals surface area contributed by atoms with Crippen molar-refractivity contribution >= 4 is 23.5 Å². The largest absolute Gasteiger partial charge is 0.446 e. The van der Waals surface area contributed by atoms with Gasteiger partial charge in [0.15, 0.2) is 0 Å². The number of piperidine rings is 1. The molecule has 2 aromatic rings. The summed E-state index contributed by atoms with van der Waals surface area (Å²) in [4.78, 5) is 28.1. The third kappa shape index (κ3) is 4.98. The standard InChI is InChI=1S/C23H28N4O3/c24-13-9-17-5-7-18(8-6-17)10-14-26-15-11-19(12-16-26)30-23(29)25-22(28)27-20-3-1-2-4-21(20)27/h1-8,19H,9-16,24H2,(H,25,28,29). The first-order valence-corrected chi connectivity index (χ1v) is 10.5. The summed E-state index contributed by atoms with van der Waals surface area (Å²) in [6, 6.07) is 15.6. The van der Waals surface area contributed by atoms with Gasteiger partial charge in [-0.05, 0) is 55.5 Å². The molecule has 0 spiro atoms. The first-order valence-electron chi connectivity index (χ1n) is 10.5. The monoisotopic (exact) mass is 408 g/mol. The molecule has 1 fully saturated rings. The molecule has 4 rings (SSSR count). The van der Waals surface area contributed by atoms with Crippen molar-refractivity contribution in [3.63, 3.8) is 0 Å². The Labute approximate surface area is 176 Å². The van der Waals surface area contributed by atoms with Gasteiger partial charge in [-0.3, -0.25) is 4.90 Å². The van der Waals surface area contributed by atoms with Gasteiger partial charge >= 0.3 is 12.1 Å². The van der Waals surface area contributed by atoms with E-state index in [2.05, 4.69) is 34.5 Å². The number of carbonyl (C=O) groups is 2. The van der Waals surface area contributed by atoms with E-state index in [1.165, 1.54) is 16.0 Å². The predicted molar refractivity (Wildman–Crippen MR) is 116 cm³/mol. The molecule has 0 aromatic heterocycles. The molecule has 2 aliphatic rings. The van der Waals surface area contributed by atoms with Crippen LogP contribution in [-0.4, -0.2) is 49.3 Å². The number of ether oxygens (including phenoxy) is 1. The molecule has 30 heavy (non-hydrogen) atoms. The van der Waals surface area contributed by atoms with E-state index >= 15 is 0 Å². The summed E-state index contributed by atoms with van der Waals surface area (Å²) >= 11 is 0. The maximum Gasteiger partial charge on any atom is 0.415 e. The number of anilines is 2. The minimum atomic E-state index is -0.672. The van der Waals surface area contributed by atoms with Crippen molar-refractivity contribution in [1.29, 1.82) is 0 Å². The van der Waals surface area contributed by atoms with Crippen molar-refractivity contribution in [1.82, 2.24) is 10.2 Å². The van der Waals surface area contributed by atoms with Gasteiger partial charge in [0.25, 0.3) is 0 Å². The van der Waals surface area contributed by atoms with Crippen molar-refractivity contribution in [2.45, 2.75) is 31.8 Å². The number of fused-ring (bicyclic) bond motifs is 1. The molecule has 0 aliphatic carbocycles. The van der Waals surface area contributed by atoms with Gasteiger partial charge in [0.05, 0.1) is 11.4 Å². The lowest BCUT2D eigenvalue weighted by molar-refractivity contribution is 0.0529. The fraction of sp³-hybridized carbons (Fsp3) is 0.391. The molecule has 0 radical (unpaired) electrons. The number of amides is 3. The highest BCUT2D eigenvalue weighted by Gasteiger charge is 2.35. The van der Waals surface area contributed by atoms with Crippen LogP contribution in [0, 0.1) is 0 Å². The molecule has 2 aliphatic heterocycles. The van der Waals surface area contributed by atoms with Crippen LogP contribution in [0.1, 0.15) is 24.0 Å². The Balaban J connectivity index is 1.14. The van der Waals surface area contributed by atoms with Gasteiger partial charge in [0.2, 0.25) is 0 Å². The number of rotatable bonds is 6. The fourth-order valence-corrected chi connectivity index (χ4v) is 3.92. The molecule has 0 atom stereocenters. The van der Waals surface area contributed by atoms with E-state index < -0.39 is 12.1 Å². The minimum absolute atomic E-state index is 0.152. The molecule has 0 unspecified atom stereocenters. The van der Waals surface area contributed by atoms with E-state index in [-0.39, 0.29) is 6.10 Å². The third-order valence-electron chi connectivity index (χ3n) is 5.71. The molecule has 2 aromatic carbocycles. The number of nitrogens with zero attached hydrogens (tertiary/aromatic N) is 2. The topological polar surface area (TPSA) is 87.7 Å². The lowest BCUT2D eigenvalue weighted by Gasteiger charge is -2.31. The van der Waals surface area contributed by atoms with Gasteiger partial charge in [-0.15, -0.1) is 0 Å². The highest BCUT2D eigenvalue weighted by molar-refractivity contribution is 6.17. The number of benzene rings is 2. The van der Waals surface area contributed by atoms with Crippen molar-refractivity contribution in [3.05, 3.63) is 59.7 Å².